The first-order chi connectivity index (χ1) is 12.3. The van der Waals surface area contributed by atoms with Crippen molar-refractivity contribution >= 4 is 27.5 Å². The molecule has 3 heteroatoms. The largest absolute Gasteiger partial charge is 0.496 e. The van der Waals surface area contributed by atoms with Gasteiger partial charge in [-0.3, -0.25) is 0 Å². The summed E-state index contributed by atoms with van der Waals surface area (Å²) in [5.74, 6) is 0.957. The summed E-state index contributed by atoms with van der Waals surface area (Å²) in [6.45, 7) is 2.16. The summed E-state index contributed by atoms with van der Waals surface area (Å²) in [7, 11) is 1.75. The highest BCUT2D eigenvalue weighted by atomic mass is 16.5. The Morgan fingerprint density at radius 2 is 1.84 bits per heavy atom. The fraction of sp³-hybridized carbons (Fsp3) is 0.409. The van der Waals surface area contributed by atoms with E-state index in [0.29, 0.717) is 6.04 Å². The molecule has 0 atom stereocenters. The molecule has 1 heterocycles. The normalized spacial score (nSPS) is 15.6. The van der Waals surface area contributed by atoms with Gasteiger partial charge in [-0.2, -0.15) is 0 Å². The molecule has 130 valence electrons. The molecule has 3 nitrogen and oxygen atoms in total. The highest BCUT2D eigenvalue weighted by Gasteiger charge is 2.18. The maximum Gasteiger partial charge on any atom is 0.122 e. The van der Waals surface area contributed by atoms with Crippen molar-refractivity contribution in [1.29, 1.82) is 0 Å². The highest BCUT2D eigenvalue weighted by Crippen LogP contribution is 2.36. The lowest BCUT2D eigenvalue weighted by atomic mass is 9.94. The van der Waals surface area contributed by atoms with Gasteiger partial charge in [0, 0.05) is 16.8 Å². The Hall–Kier alpha value is -2.29. The summed E-state index contributed by atoms with van der Waals surface area (Å²) in [6.07, 6.45) is 7.46. The van der Waals surface area contributed by atoms with Crippen molar-refractivity contribution in [3.05, 3.63) is 42.0 Å². The molecule has 0 amide bonds. The molecule has 1 fully saturated rings. The number of rotatable bonds is 4. The summed E-state index contributed by atoms with van der Waals surface area (Å²) in [4.78, 5) is 4.92. The number of hydrogen-bond acceptors (Lipinski definition) is 3. The number of hydrogen-bond donors (Lipinski definition) is 1. The Morgan fingerprint density at radius 3 is 2.60 bits per heavy atom. The van der Waals surface area contributed by atoms with Gasteiger partial charge in [0.1, 0.15) is 5.75 Å². The maximum atomic E-state index is 5.65. The Labute approximate surface area is 149 Å². The van der Waals surface area contributed by atoms with E-state index >= 15 is 0 Å². The fourth-order valence-corrected chi connectivity index (χ4v) is 4.03. The van der Waals surface area contributed by atoms with E-state index in [9.17, 15) is 0 Å². The second-order valence-electron chi connectivity index (χ2n) is 7.02. The van der Waals surface area contributed by atoms with Gasteiger partial charge in [0.05, 0.1) is 23.8 Å². The molecule has 4 rings (SSSR count). The van der Waals surface area contributed by atoms with Crippen LogP contribution in [0.4, 0.5) is 5.69 Å². The van der Waals surface area contributed by atoms with Crippen LogP contribution >= 0.6 is 0 Å². The zero-order chi connectivity index (χ0) is 17.2. The highest BCUT2D eigenvalue weighted by molar-refractivity contribution is 6.08. The molecule has 1 aliphatic rings. The predicted octanol–water partition coefficient (Wildman–Crippen LogP) is 5.70. The van der Waals surface area contributed by atoms with Gasteiger partial charge in [0.15, 0.2) is 0 Å². The SMILES string of the molecule is CCc1cc2nc3ccccc3c(NC3CCCCC3)c2cc1OC. The molecule has 1 saturated carbocycles. The lowest BCUT2D eigenvalue weighted by molar-refractivity contribution is 0.411. The van der Waals surface area contributed by atoms with Crippen molar-refractivity contribution in [3.63, 3.8) is 0 Å². The Morgan fingerprint density at radius 1 is 1.04 bits per heavy atom. The summed E-state index contributed by atoms with van der Waals surface area (Å²) in [5, 5.41) is 6.23. The number of benzene rings is 2. The molecule has 0 radical (unpaired) electrons. The van der Waals surface area contributed by atoms with Gasteiger partial charge < -0.3 is 10.1 Å². The molecule has 1 aromatic heterocycles. The molecule has 0 aliphatic heterocycles. The number of aryl methyl sites for hydroxylation is 1. The maximum absolute atomic E-state index is 5.65. The van der Waals surface area contributed by atoms with Gasteiger partial charge in [0.2, 0.25) is 0 Å². The molecule has 0 bridgehead atoms. The van der Waals surface area contributed by atoms with Crippen LogP contribution in [0.25, 0.3) is 21.8 Å². The van der Waals surface area contributed by atoms with E-state index in [1.165, 1.54) is 54.1 Å². The number of nitrogens with zero attached hydrogens (tertiary/aromatic N) is 1. The van der Waals surface area contributed by atoms with E-state index in [4.69, 9.17) is 9.72 Å². The second-order valence-corrected chi connectivity index (χ2v) is 7.02. The quantitative estimate of drug-likeness (QED) is 0.621. The molecule has 1 N–H and O–H groups in total. The van der Waals surface area contributed by atoms with Crippen LogP contribution in [0.15, 0.2) is 36.4 Å². The molecule has 0 saturated heterocycles. The average molecular weight is 334 g/mol. The van der Waals surface area contributed by atoms with Gasteiger partial charge in [-0.05, 0) is 43.0 Å². The van der Waals surface area contributed by atoms with Crippen molar-refractivity contribution in [2.75, 3.05) is 12.4 Å². The van der Waals surface area contributed by atoms with Crippen LogP contribution in [0, 0.1) is 0 Å². The van der Waals surface area contributed by atoms with Crippen LogP contribution in [0.2, 0.25) is 0 Å². The van der Waals surface area contributed by atoms with E-state index in [1.807, 2.05) is 0 Å². The number of nitrogens with one attached hydrogen (secondary N) is 1. The van der Waals surface area contributed by atoms with Gasteiger partial charge >= 0.3 is 0 Å². The van der Waals surface area contributed by atoms with Crippen LogP contribution in [-0.2, 0) is 6.42 Å². The topological polar surface area (TPSA) is 34.2 Å². The number of anilines is 1. The van der Waals surface area contributed by atoms with E-state index in [0.717, 1.165) is 23.2 Å². The zero-order valence-corrected chi connectivity index (χ0v) is 15.1. The lowest BCUT2D eigenvalue weighted by Gasteiger charge is -2.25. The van der Waals surface area contributed by atoms with Crippen molar-refractivity contribution < 1.29 is 4.74 Å². The fourth-order valence-electron chi connectivity index (χ4n) is 4.03. The monoisotopic (exact) mass is 334 g/mol. The molecule has 0 spiro atoms. The summed E-state index contributed by atoms with van der Waals surface area (Å²) in [5.41, 5.74) is 4.53. The number of para-hydroxylation sites is 1. The van der Waals surface area contributed by atoms with Crippen LogP contribution in [0.3, 0.4) is 0 Å². The third-order valence-corrected chi connectivity index (χ3v) is 5.42. The Bertz CT molecular complexity index is 897. The van der Waals surface area contributed by atoms with Crippen molar-refractivity contribution in [3.8, 4) is 5.75 Å². The molecular formula is C22H26N2O. The Balaban J connectivity index is 1.93. The van der Waals surface area contributed by atoms with Gasteiger partial charge in [-0.1, -0.05) is 44.4 Å². The molecule has 1 aliphatic carbocycles. The van der Waals surface area contributed by atoms with E-state index in [1.54, 1.807) is 7.11 Å². The van der Waals surface area contributed by atoms with E-state index < -0.39 is 0 Å². The second kappa shape index (κ2) is 6.91. The minimum Gasteiger partial charge on any atom is -0.496 e. The first-order valence-corrected chi connectivity index (χ1v) is 9.46. The average Bonchev–Trinajstić information content (AvgIpc) is 2.67. The third kappa shape index (κ3) is 3.04. The smallest absolute Gasteiger partial charge is 0.122 e. The lowest BCUT2D eigenvalue weighted by Crippen LogP contribution is -2.22. The Kier molecular flexibility index (Phi) is 4.48. The predicted molar refractivity (Wildman–Crippen MR) is 106 cm³/mol. The molecule has 25 heavy (non-hydrogen) atoms. The molecule has 0 unspecified atom stereocenters. The van der Waals surface area contributed by atoms with Gasteiger partial charge in [-0.25, -0.2) is 4.98 Å². The summed E-state index contributed by atoms with van der Waals surface area (Å²) >= 11 is 0. The van der Waals surface area contributed by atoms with Crippen molar-refractivity contribution in [1.82, 2.24) is 4.98 Å². The molecule has 2 aromatic carbocycles. The number of ether oxygens (including phenoxy) is 1. The van der Waals surface area contributed by atoms with E-state index in [2.05, 4.69) is 48.6 Å². The molecule has 3 aromatic rings. The number of fused-ring (bicyclic) bond motifs is 2. The van der Waals surface area contributed by atoms with Crippen molar-refractivity contribution in [2.45, 2.75) is 51.5 Å². The summed E-state index contributed by atoms with van der Waals surface area (Å²) in [6, 6.07) is 13.4. The number of pyridine rings is 1. The van der Waals surface area contributed by atoms with Crippen LogP contribution in [0.1, 0.15) is 44.6 Å². The van der Waals surface area contributed by atoms with E-state index in [-0.39, 0.29) is 0 Å². The van der Waals surface area contributed by atoms with Gasteiger partial charge in [0.25, 0.3) is 0 Å². The van der Waals surface area contributed by atoms with Crippen LogP contribution in [0.5, 0.6) is 5.75 Å². The van der Waals surface area contributed by atoms with Crippen molar-refractivity contribution in [2.24, 2.45) is 0 Å². The molecular weight excluding hydrogens is 308 g/mol. The third-order valence-electron chi connectivity index (χ3n) is 5.42. The standard InChI is InChI=1S/C22H26N2O/c1-3-15-13-20-18(14-21(15)25-2)22(23-16-9-5-4-6-10-16)17-11-7-8-12-19(17)24-20/h7-8,11-14,16H,3-6,9-10H2,1-2H3,(H,23,24). The first kappa shape index (κ1) is 16.2. The van der Waals surface area contributed by atoms with Crippen LogP contribution in [-0.4, -0.2) is 18.1 Å². The van der Waals surface area contributed by atoms with Gasteiger partial charge in [-0.15, -0.1) is 0 Å². The number of aromatic nitrogens is 1. The number of methoxy groups -OCH3 is 1. The summed E-state index contributed by atoms with van der Waals surface area (Å²) < 4.78 is 5.65. The zero-order valence-electron chi connectivity index (χ0n) is 15.1. The van der Waals surface area contributed by atoms with Crippen LogP contribution < -0.4 is 10.1 Å². The minimum absolute atomic E-state index is 0.555. The first-order valence-electron chi connectivity index (χ1n) is 9.46. The minimum atomic E-state index is 0.555.